The smallest absolute Gasteiger partial charge is 0.407 e. The van der Waals surface area contributed by atoms with E-state index in [9.17, 15) is 4.79 Å². The van der Waals surface area contributed by atoms with E-state index in [4.69, 9.17) is 10.2 Å². The molecule has 2 aliphatic rings. The highest BCUT2D eigenvalue weighted by Gasteiger charge is 2.48. The SMILES string of the molecule is O=C(O)N1CCC2(CC(O)C2)C1. The van der Waals surface area contributed by atoms with Gasteiger partial charge >= 0.3 is 6.09 Å². The summed E-state index contributed by atoms with van der Waals surface area (Å²) in [5.74, 6) is 0. The molecule has 4 nitrogen and oxygen atoms in total. The van der Waals surface area contributed by atoms with Crippen LogP contribution in [0.25, 0.3) is 0 Å². The van der Waals surface area contributed by atoms with Gasteiger partial charge in [0.2, 0.25) is 0 Å². The maximum Gasteiger partial charge on any atom is 0.407 e. The van der Waals surface area contributed by atoms with Gasteiger partial charge in [-0.2, -0.15) is 0 Å². The Bertz CT molecular complexity index is 210. The molecule has 1 saturated heterocycles. The normalized spacial score (nSPS) is 40.1. The predicted molar refractivity (Wildman–Crippen MR) is 41.9 cm³/mol. The zero-order valence-electron chi connectivity index (χ0n) is 6.86. The zero-order valence-corrected chi connectivity index (χ0v) is 6.86. The summed E-state index contributed by atoms with van der Waals surface area (Å²) in [6, 6.07) is 0. The zero-order chi connectivity index (χ0) is 8.77. The summed E-state index contributed by atoms with van der Waals surface area (Å²) in [5.41, 5.74) is 0.137. The van der Waals surface area contributed by atoms with Crippen molar-refractivity contribution < 1.29 is 15.0 Å². The van der Waals surface area contributed by atoms with E-state index in [2.05, 4.69) is 0 Å². The molecule has 0 aromatic carbocycles. The van der Waals surface area contributed by atoms with Gasteiger partial charge in [-0.05, 0) is 24.7 Å². The Balaban J connectivity index is 1.95. The third-order valence-electron chi connectivity index (χ3n) is 3.05. The lowest BCUT2D eigenvalue weighted by Gasteiger charge is -2.42. The fourth-order valence-corrected chi connectivity index (χ4v) is 2.37. The van der Waals surface area contributed by atoms with Crippen LogP contribution in [0, 0.1) is 5.41 Å². The van der Waals surface area contributed by atoms with Crippen LogP contribution in [0.3, 0.4) is 0 Å². The minimum absolute atomic E-state index is 0.137. The van der Waals surface area contributed by atoms with Crippen molar-refractivity contribution in [3.63, 3.8) is 0 Å². The van der Waals surface area contributed by atoms with E-state index in [0.717, 1.165) is 19.3 Å². The minimum Gasteiger partial charge on any atom is -0.465 e. The van der Waals surface area contributed by atoms with Crippen molar-refractivity contribution in [2.45, 2.75) is 25.4 Å². The molecule has 4 heteroatoms. The molecule has 0 bridgehead atoms. The third-order valence-corrected chi connectivity index (χ3v) is 3.05. The summed E-state index contributed by atoms with van der Waals surface area (Å²) in [4.78, 5) is 12.0. The van der Waals surface area contributed by atoms with Crippen molar-refractivity contribution in [2.24, 2.45) is 5.41 Å². The molecular weight excluding hydrogens is 158 g/mol. The van der Waals surface area contributed by atoms with Gasteiger partial charge in [0, 0.05) is 13.1 Å². The summed E-state index contributed by atoms with van der Waals surface area (Å²) in [7, 11) is 0. The highest BCUT2D eigenvalue weighted by Crippen LogP contribution is 2.47. The molecule has 0 unspecified atom stereocenters. The van der Waals surface area contributed by atoms with Gasteiger partial charge in [0.05, 0.1) is 6.10 Å². The number of carboxylic acid groups (broad SMARTS) is 1. The number of amides is 1. The molecule has 0 aromatic rings. The van der Waals surface area contributed by atoms with Gasteiger partial charge < -0.3 is 15.1 Å². The maximum atomic E-state index is 10.6. The number of aliphatic hydroxyl groups is 1. The molecule has 2 N–H and O–H groups in total. The molecule has 0 atom stereocenters. The van der Waals surface area contributed by atoms with E-state index in [1.165, 1.54) is 4.90 Å². The first-order valence-corrected chi connectivity index (χ1v) is 4.27. The summed E-state index contributed by atoms with van der Waals surface area (Å²) in [6.45, 7) is 1.27. The number of rotatable bonds is 0. The third kappa shape index (κ3) is 1.06. The largest absolute Gasteiger partial charge is 0.465 e. The van der Waals surface area contributed by atoms with Crippen LogP contribution in [0.2, 0.25) is 0 Å². The summed E-state index contributed by atoms with van der Waals surface area (Å²) in [6.07, 6.45) is 1.50. The fraction of sp³-hybridized carbons (Fsp3) is 0.875. The predicted octanol–water partition coefficient (Wildman–Crippen LogP) is 0.511. The number of aliphatic hydroxyl groups excluding tert-OH is 1. The van der Waals surface area contributed by atoms with Crippen molar-refractivity contribution in [3.05, 3.63) is 0 Å². The lowest BCUT2D eigenvalue weighted by atomic mass is 9.66. The molecule has 1 amide bonds. The van der Waals surface area contributed by atoms with Gasteiger partial charge in [-0.15, -0.1) is 0 Å². The molecular formula is C8H13NO3. The Morgan fingerprint density at radius 1 is 1.50 bits per heavy atom. The van der Waals surface area contributed by atoms with Gasteiger partial charge in [-0.1, -0.05) is 0 Å². The Labute approximate surface area is 70.8 Å². The van der Waals surface area contributed by atoms with Crippen molar-refractivity contribution >= 4 is 6.09 Å². The standard InChI is InChI=1S/C8H13NO3/c10-6-3-8(4-6)1-2-9(5-8)7(11)12/h6,10H,1-5H2,(H,11,12). The number of hydrogen-bond acceptors (Lipinski definition) is 2. The van der Waals surface area contributed by atoms with Gasteiger partial charge in [0.1, 0.15) is 0 Å². The molecule has 1 spiro atoms. The highest BCUT2D eigenvalue weighted by atomic mass is 16.4. The lowest BCUT2D eigenvalue weighted by Crippen LogP contribution is -2.43. The van der Waals surface area contributed by atoms with E-state index >= 15 is 0 Å². The first kappa shape index (κ1) is 7.86. The first-order valence-electron chi connectivity index (χ1n) is 4.27. The van der Waals surface area contributed by atoms with Gasteiger partial charge in [0.15, 0.2) is 0 Å². The Morgan fingerprint density at radius 2 is 2.17 bits per heavy atom. The highest BCUT2D eigenvalue weighted by molar-refractivity contribution is 5.65. The average molecular weight is 171 g/mol. The topological polar surface area (TPSA) is 60.8 Å². The molecule has 0 radical (unpaired) electrons. The molecule has 1 saturated carbocycles. The van der Waals surface area contributed by atoms with Gasteiger partial charge in [0.25, 0.3) is 0 Å². The quantitative estimate of drug-likeness (QED) is 0.558. The molecule has 1 aliphatic heterocycles. The van der Waals surface area contributed by atoms with Crippen LogP contribution in [0.4, 0.5) is 4.79 Å². The summed E-state index contributed by atoms with van der Waals surface area (Å²) < 4.78 is 0. The van der Waals surface area contributed by atoms with Crippen LogP contribution in [0.15, 0.2) is 0 Å². The van der Waals surface area contributed by atoms with Crippen LogP contribution in [-0.4, -0.2) is 40.4 Å². The van der Waals surface area contributed by atoms with Crippen molar-refractivity contribution in [1.29, 1.82) is 0 Å². The van der Waals surface area contributed by atoms with Gasteiger partial charge in [-0.25, -0.2) is 4.79 Å². The molecule has 68 valence electrons. The molecule has 2 rings (SSSR count). The Hall–Kier alpha value is -0.770. The van der Waals surface area contributed by atoms with E-state index in [0.29, 0.717) is 13.1 Å². The lowest BCUT2D eigenvalue weighted by molar-refractivity contribution is -0.0243. The fourth-order valence-electron chi connectivity index (χ4n) is 2.37. The van der Waals surface area contributed by atoms with Crippen LogP contribution in [0.5, 0.6) is 0 Å². The number of carbonyl (C=O) groups is 1. The van der Waals surface area contributed by atoms with E-state index < -0.39 is 6.09 Å². The second-order valence-electron chi connectivity index (χ2n) is 4.02. The monoisotopic (exact) mass is 171 g/mol. The van der Waals surface area contributed by atoms with E-state index in [-0.39, 0.29) is 11.5 Å². The average Bonchev–Trinajstić information content (AvgIpc) is 2.31. The van der Waals surface area contributed by atoms with Crippen molar-refractivity contribution in [3.8, 4) is 0 Å². The molecule has 1 heterocycles. The van der Waals surface area contributed by atoms with E-state index in [1.54, 1.807) is 0 Å². The van der Waals surface area contributed by atoms with Crippen LogP contribution >= 0.6 is 0 Å². The number of nitrogens with zero attached hydrogens (tertiary/aromatic N) is 1. The van der Waals surface area contributed by atoms with Crippen molar-refractivity contribution in [2.75, 3.05) is 13.1 Å². The van der Waals surface area contributed by atoms with Crippen LogP contribution in [0.1, 0.15) is 19.3 Å². The minimum atomic E-state index is -0.826. The molecule has 1 aliphatic carbocycles. The number of likely N-dealkylation sites (tertiary alicyclic amines) is 1. The van der Waals surface area contributed by atoms with Crippen LogP contribution < -0.4 is 0 Å². The van der Waals surface area contributed by atoms with Crippen molar-refractivity contribution in [1.82, 2.24) is 4.90 Å². The van der Waals surface area contributed by atoms with E-state index in [1.807, 2.05) is 0 Å². The Morgan fingerprint density at radius 3 is 2.58 bits per heavy atom. The summed E-state index contributed by atoms with van der Waals surface area (Å²) in [5, 5.41) is 17.8. The molecule has 0 aromatic heterocycles. The molecule has 2 fully saturated rings. The van der Waals surface area contributed by atoms with Gasteiger partial charge in [-0.3, -0.25) is 0 Å². The second-order valence-corrected chi connectivity index (χ2v) is 4.02. The van der Waals surface area contributed by atoms with Crippen LogP contribution in [-0.2, 0) is 0 Å². The molecule has 12 heavy (non-hydrogen) atoms. The first-order chi connectivity index (χ1) is 5.61. The number of hydrogen-bond donors (Lipinski definition) is 2. The maximum absolute atomic E-state index is 10.6. The second kappa shape index (κ2) is 2.36. The Kier molecular flexibility index (Phi) is 1.54. The summed E-state index contributed by atoms with van der Waals surface area (Å²) >= 11 is 0.